The maximum Gasteiger partial charge on any atom is 0.375 e. The van der Waals surface area contributed by atoms with E-state index in [1.807, 2.05) is 19.1 Å². The highest BCUT2D eigenvalue weighted by atomic mass is 16.5. The highest BCUT2D eigenvalue weighted by Crippen LogP contribution is 2.12. The summed E-state index contributed by atoms with van der Waals surface area (Å²) < 4.78 is 4.75. The van der Waals surface area contributed by atoms with Crippen LogP contribution in [-0.4, -0.2) is 36.7 Å². The second-order valence-electron chi connectivity index (χ2n) is 6.12. The van der Waals surface area contributed by atoms with Gasteiger partial charge in [-0.25, -0.2) is 9.79 Å². The number of carbonyl (C=O) groups excluding carboxylic acids is 1. The van der Waals surface area contributed by atoms with Crippen LogP contribution in [0.3, 0.4) is 0 Å². The van der Waals surface area contributed by atoms with Crippen LogP contribution in [0.4, 0.5) is 0 Å². The van der Waals surface area contributed by atoms with Gasteiger partial charge in [0.05, 0.1) is 12.8 Å². The van der Waals surface area contributed by atoms with Gasteiger partial charge in [-0.05, 0) is 50.8 Å². The Morgan fingerprint density at radius 1 is 1.12 bits per heavy atom. The van der Waals surface area contributed by atoms with Crippen molar-refractivity contribution in [1.29, 1.82) is 0 Å². The van der Waals surface area contributed by atoms with Crippen LogP contribution in [-0.2, 0) is 16.0 Å². The number of rotatable bonds is 5. The normalized spacial score (nSPS) is 12.2. The Labute approximate surface area is 154 Å². The summed E-state index contributed by atoms with van der Waals surface area (Å²) in [6, 6.07) is 12.4. The highest BCUT2D eigenvalue weighted by Gasteiger charge is 2.13. The van der Waals surface area contributed by atoms with Gasteiger partial charge in [-0.15, -0.1) is 0 Å². The van der Waals surface area contributed by atoms with Crippen molar-refractivity contribution < 1.29 is 9.53 Å². The first kappa shape index (κ1) is 19.5. The number of nitrogens with zero attached hydrogens (tertiary/aromatic N) is 3. The number of carbonyl (C=O) groups is 1. The third-order valence-corrected chi connectivity index (χ3v) is 4.06. The molecule has 0 atom stereocenters. The van der Waals surface area contributed by atoms with Crippen molar-refractivity contribution in [1.82, 2.24) is 4.98 Å². The lowest BCUT2D eigenvalue weighted by Crippen LogP contribution is -2.17. The molecule has 1 heterocycles. The van der Waals surface area contributed by atoms with E-state index >= 15 is 0 Å². The number of amidine groups is 1. The molecule has 5 nitrogen and oxygen atoms in total. The van der Waals surface area contributed by atoms with Crippen molar-refractivity contribution in [3.8, 4) is 0 Å². The third kappa shape index (κ3) is 5.62. The van der Waals surface area contributed by atoms with E-state index in [1.54, 1.807) is 6.20 Å². The van der Waals surface area contributed by atoms with Crippen molar-refractivity contribution in [2.45, 2.75) is 33.1 Å². The van der Waals surface area contributed by atoms with Crippen LogP contribution in [0.2, 0.25) is 0 Å². The molecule has 0 aliphatic carbocycles. The SMILES string of the molecule is CN=C(N=C(CCCc1ccc(C)cc1)c1ccc(C)nc1)C(=O)OC. The van der Waals surface area contributed by atoms with E-state index < -0.39 is 5.97 Å². The summed E-state index contributed by atoms with van der Waals surface area (Å²) in [7, 11) is 2.86. The van der Waals surface area contributed by atoms with Crippen LogP contribution in [0.25, 0.3) is 0 Å². The molecule has 0 unspecified atom stereocenters. The summed E-state index contributed by atoms with van der Waals surface area (Å²) in [5.41, 5.74) is 5.16. The molecular weight excluding hydrogens is 326 g/mol. The lowest BCUT2D eigenvalue weighted by atomic mass is 10.0. The summed E-state index contributed by atoms with van der Waals surface area (Å²) >= 11 is 0. The Balaban J connectivity index is 2.18. The van der Waals surface area contributed by atoms with Gasteiger partial charge >= 0.3 is 5.97 Å². The van der Waals surface area contributed by atoms with Gasteiger partial charge < -0.3 is 4.74 Å². The van der Waals surface area contributed by atoms with E-state index in [0.29, 0.717) is 6.42 Å². The Hall–Kier alpha value is -2.82. The van der Waals surface area contributed by atoms with Crippen molar-refractivity contribution >= 4 is 17.5 Å². The maximum atomic E-state index is 11.8. The minimum atomic E-state index is -0.538. The first-order valence-electron chi connectivity index (χ1n) is 8.64. The van der Waals surface area contributed by atoms with E-state index in [9.17, 15) is 4.79 Å². The maximum absolute atomic E-state index is 11.8. The highest BCUT2D eigenvalue weighted by molar-refractivity contribution is 6.38. The van der Waals surface area contributed by atoms with Crippen molar-refractivity contribution in [2.75, 3.05) is 14.2 Å². The monoisotopic (exact) mass is 351 g/mol. The number of benzene rings is 1. The summed E-state index contributed by atoms with van der Waals surface area (Å²) in [6.45, 7) is 4.02. The van der Waals surface area contributed by atoms with Crippen LogP contribution >= 0.6 is 0 Å². The minimum absolute atomic E-state index is 0.0680. The predicted molar refractivity (Wildman–Crippen MR) is 105 cm³/mol. The molecule has 136 valence electrons. The first-order chi connectivity index (χ1) is 12.5. The molecule has 0 N–H and O–H groups in total. The molecule has 0 bridgehead atoms. The molecule has 0 radical (unpaired) electrons. The van der Waals surface area contributed by atoms with Gasteiger partial charge in [0.1, 0.15) is 0 Å². The number of ether oxygens (including phenoxy) is 1. The van der Waals surface area contributed by atoms with Gasteiger partial charge in [0.25, 0.3) is 0 Å². The van der Waals surface area contributed by atoms with Crippen molar-refractivity contribution in [2.24, 2.45) is 9.98 Å². The van der Waals surface area contributed by atoms with Crippen LogP contribution in [0.1, 0.15) is 35.2 Å². The van der Waals surface area contributed by atoms with Gasteiger partial charge in [-0.2, -0.15) is 0 Å². The molecule has 0 saturated heterocycles. The predicted octanol–water partition coefficient (Wildman–Crippen LogP) is 3.71. The zero-order chi connectivity index (χ0) is 18.9. The fraction of sp³-hybridized carbons (Fsp3) is 0.333. The van der Waals surface area contributed by atoms with Crippen molar-refractivity contribution in [3.05, 3.63) is 65.0 Å². The fourth-order valence-electron chi connectivity index (χ4n) is 2.52. The second kappa shape index (κ2) is 9.61. The van der Waals surface area contributed by atoms with Crippen LogP contribution < -0.4 is 0 Å². The molecule has 2 rings (SSSR count). The average Bonchev–Trinajstić information content (AvgIpc) is 2.66. The number of hydrogen-bond acceptors (Lipinski definition) is 4. The Morgan fingerprint density at radius 2 is 1.85 bits per heavy atom. The number of aryl methyl sites for hydroxylation is 3. The standard InChI is InChI=1S/C21H25N3O2/c1-15-8-11-17(12-9-15)6-5-7-19(18-13-10-16(2)23-14-18)24-20(22-3)21(25)26-4/h8-14H,5-7H2,1-4H3. The van der Waals surface area contributed by atoms with E-state index in [1.165, 1.54) is 25.3 Å². The number of pyridine rings is 1. The number of aliphatic imine (C=N–C) groups is 2. The van der Waals surface area contributed by atoms with Crippen LogP contribution in [0.15, 0.2) is 52.6 Å². The van der Waals surface area contributed by atoms with Crippen molar-refractivity contribution in [3.63, 3.8) is 0 Å². The molecule has 26 heavy (non-hydrogen) atoms. The molecule has 0 aliphatic heterocycles. The van der Waals surface area contributed by atoms with Gasteiger partial charge in [-0.3, -0.25) is 9.98 Å². The zero-order valence-electron chi connectivity index (χ0n) is 15.8. The topological polar surface area (TPSA) is 63.9 Å². The summed E-state index contributed by atoms with van der Waals surface area (Å²) in [5.74, 6) is -0.470. The van der Waals surface area contributed by atoms with E-state index in [0.717, 1.165) is 29.8 Å². The molecule has 0 aliphatic rings. The first-order valence-corrected chi connectivity index (χ1v) is 8.64. The lowest BCUT2D eigenvalue weighted by Gasteiger charge is -2.08. The minimum Gasteiger partial charge on any atom is -0.463 e. The molecule has 1 aromatic heterocycles. The largest absolute Gasteiger partial charge is 0.463 e. The molecule has 5 heteroatoms. The summed E-state index contributed by atoms with van der Waals surface area (Å²) in [4.78, 5) is 24.6. The molecule has 0 saturated carbocycles. The van der Waals surface area contributed by atoms with E-state index in [4.69, 9.17) is 4.74 Å². The molecule has 0 amide bonds. The van der Waals surface area contributed by atoms with Crippen LogP contribution in [0.5, 0.6) is 0 Å². The second-order valence-corrected chi connectivity index (χ2v) is 6.12. The molecule has 0 fully saturated rings. The molecule has 1 aromatic carbocycles. The number of hydrogen-bond donors (Lipinski definition) is 0. The van der Waals surface area contributed by atoms with Gasteiger partial charge in [-0.1, -0.05) is 29.8 Å². The average molecular weight is 351 g/mol. The Bertz CT molecular complexity index is 791. The zero-order valence-corrected chi connectivity index (χ0v) is 15.8. The fourth-order valence-corrected chi connectivity index (χ4v) is 2.52. The number of methoxy groups -OCH3 is 1. The van der Waals surface area contributed by atoms with E-state index in [-0.39, 0.29) is 5.84 Å². The van der Waals surface area contributed by atoms with Gasteiger partial charge in [0.15, 0.2) is 0 Å². The quantitative estimate of drug-likeness (QED) is 0.468. The smallest absolute Gasteiger partial charge is 0.375 e. The van der Waals surface area contributed by atoms with E-state index in [2.05, 4.69) is 46.2 Å². The van der Waals surface area contributed by atoms with Gasteiger partial charge in [0.2, 0.25) is 5.84 Å². The Morgan fingerprint density at radius 3 is 2.42 bits per heavy atom. The van der Waals surface area contributed by atoms with Gasteiger partial charge in [0, 0.05) is 24.5 Å². The summed E-state index contributed by atoms with van der Waals surface area (Å²) in [6.07, 6.45) is 4.35. The Kier molecular flexibility index (Phi) is 7.21. The lowest BCUT2D eigenvalue weighted by molar-refractivity contribution is -0.132. The third-order valence-electron chi connectivity index (χ3n) is 4.06. The molecule has 0 spiro atoms. The summed E-state index contributed by atoms with van der Waals surface area (Å²) in [5, 5.41) is 0. The number of esters is 1. The number of aromatic nitrogens is 1. The van der Waals surface area contributed by atoms with Crippen LogP contribution in [0, 0.1) is 13.8 Å². The molecule has 2 aromatic rings. The molecular formula is C21H25N3O2.